The third kappa shape index (κ3) is 4.77. The molecule has 0 bridgehead atoms. The monoisotopic (exact) mass is 438 g/mol. The van der Waals surface area contributed by atoms with Crippen LogP contribution in [-0.2, 0) is 20.8 Å². The minimum atomic E-state index is -0.804. The standard InChI is InChI=1S/C23H30N6O3/c1-13(2)19(28-21(30)15(4)24-5)23(32)29-18(11-16-7-6-9-26-20(16)29)22(31)27-17-12-25-10-8-14(17)3/h6-10,12-13,15,18-19,24H,11H2,1-5H3,(H,27,31)(H,28,30)/t15-,18+,19-/m0/s1. The highest BCUT2D eigenvalue weighted by Crippen LogP contribution is 2.32. The van der Waals surface area contributed by atoms with Crippen LogP contribution in [0.3, 0.4) is 0 Å². The molecule has 0 fully saturated rings. The molecule has 3 rings (SSSR count). The van der Waals surface area contributed by atoms with Crippen LogP contribution in [0.25, 0.3) is 0 Å². The molecule has 2 aromatic rings. The van der Waals surface area contributed by atoms with Crippen LogP contribution in [-0.4, -0.2) is 52.9 Å². The van der Waals surface area contributed by atoms with Gasteiger partial charge in [-0.25, -0.2) is 4.98 Å². The third-order valence-electron chi connectivity index (χ3n) is 5.71. The Morgan fingerprint density at radius 1 is 1.16 bits per heavy atom. The Hall–Kier alpha value is -3.33. The molecule has 3 heterocycles. The second-order valence-electron chi connectivity index (χ2n) is 8.33. The summed E-state index contributed by atoms with van der Waals surface area (Å²) in [7, 11) is 1.68. The van der Waals surface area contributed by atoms with Gasteiger partial charge in [-0.3, -0.25) is 24.3 Å². The van der Waals surface area contributed by atoms with E-state index in [1.54, 1.807) is 44.7 Å². The van der Waals surface area contributed by atoms with Crippen LogP contribution < -0.4 is 20.9 Å². The maximum atomic E-state index is 13.7. The van der Waals surface area contributed by atoms with E-state index >= 15 is 0 Å². The van der Waals surface area contributed by atoms with Crippen molar-refractivity contribution in [2.24, 2.45) is 5.92 Å². The number of carbonyl (C=O) groups is 3. The first-order valence-electron chi connectivity index (χ1n) is 10.7. The fourth-order valence-electron chi connectivity index (χ4n) is 3.61. The van der Waals surface area contributed by atoms with E-state index in [0.29, 0.717) is 17.9 Å². The molecule has 0 aromatic carbocycles. The number of pyridine rings is 2. The zero-order valence-corrected chi connectivity index (χ0v) is 19.0. The third-order valence-corrected chi connectivity index (χ3v) is 5.71. The average molecular weight is 439 g/mol. The smallest absolute Gasteiger partial charge is 0.251 e. The van der Waals surface area contributed by atoms with Gasteiger partial charge in [0.2, 0.25) is 11.8 Å². The molecule has 3 N–H and O–H groups in total. The number of aryl methyl sites for hydroxylation is 1. The summed E-state index contributed by atoms with van der Waals surface area (Å²) in [6, 6.07) is 3.39. The first kappa shape index (κ1) is 23.3. The first-order chi connectivity index (χ1) is 15.2. The lowest BCUT2D eigenvalue weighted by Gasteiger charge is -2.31. The van der Waals surface area contributed by atoms with E-state index in [1.807, 2.05) is 26.8 Å². The number of nitrogens with one attached hydrogen (secondary N) is 3. The van der Waals surface area contributed by atoms with Gasteiger partial charge in [-0.2, -0.15) is 0 Å². The van der Waals surface area contributed by atoms with Gasteiger partial charge in [-0.05, 0) is 50.1 Å². The Balaban J connectivity index is 1.91. The molecule has 0 unspecified atom stereocenters. The van der Waals surface area contributed by atoms with Gasteiger partial charge in [0.05, 0.1) is 17.9 Å². The highest BCUT2D eigenvalue weighted by molar-refractivity contribution is 6.09. The molecule has 0 spiro atoms. The van der Waals surface area contributed by atoms with Crippen molar-refractivity contribution >= 4 is 29.2 Å². The molecule has 0 saturated heterocycles. The molecular weight excluding hydrogens is 408 g/mol. The molecule has 0 saturated carbocycles. The zero-order valence-electron chi connectivity index (χ0n) is 19.0. The summed E-state index contributed by atoms with van der Waals surface area (Å²) in [5, 5.41) is 8.59. The number of nitrogens with zero attached hydrogens (tertiary/aromatic N) is 3. The fraction of sp³-hybridized carbons (Fsp3) is 0.435. The van der Waals surface area contributed by atoms with E-state index in [1.165, 1.54) is 4.90 Å². The van der Waals surface area contributed by atoms with Crippen molar-refractivity contribution in [3.63, 3.8) is 0 Å². The minimum absolute atomic E-state index is 0.187. The molecule has 0 aliphatic carbocycles. The van der Waals surface area contributed by atoms with Crippen LogP contribution in [0, 0.1) is 12.8 Å². The maximum absolute atomic E-state index is 13.7. The summed E-state index contributed by atoms with van der Waals surface area (Å²) in [4.78, 5) is 49.3. The number of rotatable bonds is 7. The van der Waals surface area contributed by atoms with Crippen LogP contribution in [0.1, 0.15) is 31.9 Å². The number of fused-ring (bicyclic) bond motifs is 1. The highest BCUT2D eigenvalue weighted by atomic mass is 16.2. The predicted molar refractivity (Wildman–Crippen MR) is 122 cm³/mol. The number of carbonyl (C=O) groups excluding carboxylic acids is 3. The maximum Gasteiger partial charge on any atom is 0.251 e. The van der Waals surface area contributed by atoms with E-state index in [4.69, 9.17) is 0 Å². The second-order valence-corrected chi connectivity index (χ2v) is 8.33. The Bertz CT molecular complexity index is 1010. The Morgan fingerprint density at radius 2 is 1.91 bits per heavy atom. The predicted octanol–water partition coefficient (Wildman–Crippen LogP) is 1.43. The normalized spacial score (nSPS) is 16.9. The van der Waals surface area contributed by atoms with Crippen molar-refractivity contribution in [1.29, 1.82) is 0 Å². The molecule has 0 radical (unpaired) electrons. The average Bonchev–Trinajstić information content (AvgIpc) is 3.17. The molecule has 1 aliphatic rings. The Kier molecular flexibility index (Phi) is 7.19. The number of amides is 3. The topological polar surface area (TPSA) is 116 Å². The summed E-state index contributed by atoms with van der Waals surface area (Å²) < 4.78 is 0. The van der Waals surface area contributed by atoms with Crippen LogP contribution in [0.2, 0.25) is 0 Å². The number of aromatic nitrogens is 2. The number of likely N-dealkylation sites (N-methyl/N-ethyl adjacent to an activating group) is 1. The van der Waals surface area contributed by atoms with Crippen LogP contribution in [0.4, 0.5) is 11.5 Å². The highest BCUT2D eigenvalue weighted by Gasteiger charge is 2.43. The largest absolute Gasteiger partial charge is 0.343 e. The lowest BCUT2D eigenvalue weighted by molar-refractivity contribution is -0.130. The van der Waals surface area contributed by atoms with E-state index in [0.717, 1.165) is 11.1 Å². The number of anilines is 2. The van der Waals surface area contributed by atoms with E-state index < -0.39 is 18.1 Å². The molecule has 3 amide bonds. The van der Waals surface area contributed by atoms with Crippen molar-refractivity contribution in [2.45, 2.75) is 52.2 Å². The number of hydrogen-bond donors (Lipinski definition) is 3. The van der Waals surface area contributed by atoms with Crippen molar-refractivity contribution in [3.05, 3.63) is 47.9 Å². The van der Waals surface area contributed by atoms with Crippen molar-refractivity contribution < 1.29 is 14.4 Å². The molecule has 3 atom stereocenters. The van der Waals surface area contributed by atoms with Gasteiger partial charge in [-0.1, -0.05) is 19.9 Å². The lowest BCUT2D eigenvalue weighted by atomic mass is 10.0. The summed E-state index contributed by atoms with van der Waals surface area (Å²) in [6.07, 6.45) is 5.16. The molecule has 32 heavy (non-hydrogen) atoms. The van der Waals surface area contributed by atoms with Gasteiger partial charge < -0.3 is 16.0 Å². The molecule has 2 aromatic heterocycles. The van der Waals surface area contributed by atoms with Gasteiger partial charge in [0.25, 0.3) is 5.91 Å². The second kappa shape index (κ2) is 9.86. The molecular formula is C23H30N6O3. The summed E-state index contributed by atoms with van der Waals surface area (Å²) in [5.41, 5.74) is 2.26. The fourth-order valence-corrected chi connectivity index (χ4v) is 3.61. The van der Waals surface area contributed by atoms with Gasteiger partial charge >= 0.3 is 0 Å². The Morgan fingerprint density at radius 3 is 2.56 bits per heavy atom. The van der Waals surface area contributed by atoms with Crippen molar-refractivity contribution in [1.82, 2.24) is 20.6 Å². The molecule has 9 heteroatoms. The first-order valence-corrected chi connectivity index (χ1v) is 10.7. The summed E-state index contributed by atoms with van der Waals surface area (Å²) in [6.45, 7) is 7.31. The SMILES string of the molecule is CN[C@@H](C)C(=O)N[C@H](C(=O)N1c2ncccc2C[C@@H]1C(=O)Nc1cnccc1C)C(C)C. The zero-order chi connectivity index (χ0) is 23.4. The van der Waals surface area contributed by atoms with Crippen molar-refractivity contribution in [2.75, 3.05) is 17.3 Å². The van der Waals surface area contributed by atoms with Crippen molar-refractivity contribution in [3.8, 4) is 0 Å². The van der Waals surface area contributed by atoms with E-state index in [-0.39, 0.29) is 23.6 Å². The summed E-state index contributed by atoms with van der Waals surface area (Å²) >= 11 is 0. The van der Waals surface area contributed by atoms with Gasteiger partial charge in [0.15, 0.2) is 0 Å². The quantitative estimate of drug-likeness (QED) is 0.602. The van der Waals surface area contributed by atoms with Gasteiger partial charge in [-0.15, -0.1) is 0 Å². The lowest BCUT2D eigenvalue weighted by Crippen LogP contribution is -2.57. The van der Waals surface area contributed by atoms with Crippen LogP contribution in [0.5, 0.6) is 0 Å². The van der Waals surface area contributed by atoms with E-state index in [2.05, 4.69) is 25.9 Å². The van der Waals surface area contributed by atoms with E-state index in [9.17, 15) is 14.4 Å². The Labute approximate surface area is 188 Å². The van der Waals surface area contributed by atoms with Crippen LogP contribution in [0.15, 0.2) is 36.8 Å². The molecule has 9 nitrogen and oxygen atoms in total. The molecule has 1 aliphatic heterocycles. The van der Waals surface area contributed by atoms with Gasteiger partial charge in [0, 0.05) is 18.8 Å². The van der Waals surface area contributed by atoms with Crippen LogP contribution >= 0.6 is 0 Å². The summed E-state index contributed by atoms with van der Waals surface area (Å²) in [5.74, 6) is -0.719. The minimum Gasteiger partial charge on any atom is -0.343 e. The van der Waals surface area contributed by atoms with Gasteiger partial charge in [0.1, 0.15) is 17.9 Å². The number of hydrogen-bond acceptors (Lipinski definition) is 6. The molecule has 170 valence electrons.